The first kappa shape index (κ1) is 23.4. The molecule has 184 valence electrons. The van der Waals surface area contributed by atoms with Gasteiger partial charge in [0.2, 0.25) is 0 Å². The first-order valence-corrected chi connectivity index (χ1v) is 11.4. The van der Waals surface area contributed by atoms with Gasteiger partial charge in [-0.1, -0.05) is 12.1 Å². The monoisotopic (exact) mass is 515 g/mol. The standard InChI is InChI=1S/C24H16F3N3O5S/c1-35-14-5-2-12(3-6-14)9-29-18-7-4-13(24(25,26)27)8-15(18)19(20(29)22(32)33)30-21(31)16-10-36-11-17(16)28-23(30)34/h2-8,10-11H,9H2,1H3,(H,28,34)(H,32,33). The zero-order valence-electron chi connectivity index (χ0n) is 18.4. The highest BCUT2D eigenvalue weighted by Gasteiger charge is 2.33. The average molecular weight is 515 g/mol. The molecule has 3 heterocycles. The van der Waals surface area contributed by atoms with Gasteiger partial charge >= 0.3 is 17.8 Å². The second kappa shape index (κ2) is 8.41. The van der Waals surface area contributed by atoms with Gasteiger partial charge in [-0.2, -0.15) is 13.2 Å². The summed E-state index contributed by atoms with van der Waals surface area (Å²) in [5.41, 5.74) is -2.79. The van der Waals surface area contributed by atoms with Crippen LogP contribution in [0.2, 0.25) is 0 Å². The summed E-state index contributed by atoms with van der Waals surface area (Å²) in [5.74, 6) is -0.952. The smallest absolute Gasteiger partial charge is 0.416 e. The van der Waals surface area contributed by atoms with E-state index in [0.717, 1.165) is 29.5 Å². The number of rotatable bonds is 5. The number of H-pyrrole nitrogens is 1. The van der Waals surface area contributed by atoms with Crippen LogP contribution in [0.25, 0.3) is 27.5 Å². The summed E-state index contributed by atoms with van der Waals surface area (Å²) in [6.07, 6.45) is -4.73. The fourth-order valence-electron chi connectivity index (χ4n) is 4.18. The van der Waals surface area contributed by atoms with E-state index in [4.69, 9.17) is 4.74 Å². The molecule has 0 atom stereocenters. The maximum absolute atomic E-state index is 13.6. The van der Waals surface area contributed by atoms with Gasteiger partial charge in [0.15, 0.2) is 5.69 Å². The number of halogens is 3. The normalized spacial score (nSPS) is 11.9. The zero-order chi connectivity index (χ0) is 25.8. The summed E-state index contributed by atoms with van der Waals surface area (Å²) in [7, 11) is 1.49. The Morgan fingerprint density at radius 1 is 1.08 bits per heavy atom. The molecule has 8 nitrogen and oxygen atoms in total. The van der Waals surface area contributed by atoms with Gasteiger partial charge < -0.3 is 19.4 Å². The molecule has 36 heavy (non-hydrogen) atoms. The molecule has 5 rings (SSSR count). The number of carbonyl (C=O) groups is 1. The van der Waals surface area contributed by atoms with Crippen molar-refractivity contribution in [3.63, 3.8) is 0 Å². The highest BCUT2D eigenvalue weighted by atomic mass is 32.1. The lowest BCUT2D eigenvalue weighted by Crippen LogP contribution is -2.34. The number of aromatic nitrogens is 3. The molecule has 0 saturated heterocycles. The van der Waals surface area contributed by atoms with Crippen LogP contribution in [0, 0.1) is 0 Å². The second-order valence-corrected chi connectivity index (χ2v) is 8.68. The minimum atomic E-state index is -4.73. The lowest BCUT2D eigenvalue weighted by molar-refractivity contribution is -0.137. The number of hydrogen-bond donors (Lipinski definition) is 2. The molecule has 0 unspecified atom stereocenters. The van der Waals surface area contributed by atoms with Crippen LogP contribution in [0.15, 0.2) is 62.8 Å². The minimum Gasteiger partial charge on any atom is -0.497 e. The Bertz CT molecular complexity index is 1760. The Morgan fingerprint density at radius 3 is 2.44 bits per heavy atom. The maximum Gasteiger partial charge on any atom is 0.416 e. The lowest BCUT2D eigenvalue weighted by atomic mass is 10.1. The fraction of sp³-hybridized carbons (Fsp3) is 0.125. The van der Waals surface area contributed by atoms with Crippen LogP contribution in [-0.4, -0.2) is 32.3 Å². The summed E-state index contributed by atoms with van der Waals surface area (Å²) in [6.45, 7) is -0.0547. The minimum absolute atomic E-state index is 0.0547. The summed E-state index contributed by atoms with van der Waals surface area (Å²) < 4.78 is 47.8. The van der Waals surface area contributed by atoms with Gasteiger partial charge in [0.1, 0.15) is 5.75 Å². The molecule has 0 aliphatic rings. The number of aromatic carboxylic acids is 1. The van der Waals surface area contributed by atoms with Crippen LogP contribution in [0.5, 0.6) is 5.75 Å². The van der Waals surface area contributed by atoms with E-state index in [0.29, 0.717) is 15.9 Å². The van der Waals surface area contributed by atoms with E-state index in [-0.39, 0.29) is 28.4 Å². The number of carboxylic acid groups (broad SMARTS) is 1. The lowest BCUT2D eigenvalue weighted by Gasteiger charge is -2.11. The molecule has 12 heteroatoms. The van der Waals surface area contributed by atoms with Crippen molar-refractivity contribution in [1.82, 2.24) is 14.1 Å². The molecule has 0 saturated carbocycles. The number of alkyl halides is 3. The van der Waals surface area contributed by atoms with Gasteiger partial charge in [-0.05, 0) is 35.9 Å². The van der Waals surface area contributed by atoms with E-state index < -0.39 is 40.3 Å². The molecule has 2 N–H and O–H groups in total. The Labute approximate surface area is 203 Å². The number of nitrogens with one attached hydrogen (secondary N) is 1. The Kier molecular flexibility index (Phi) is 5.47. The number of nitrogens with zero attached hydrogens (tertiary/aromatic N) is 2. The van der Waals surface area contributed by atoms with Crippen molar-refractivity contribution in [2.45, 2.75) is 12.7 Å². The van der Waals surface area contributed by atoms with Crippen LogP contribution < -0.4 is 16.0 Å². The predicted octanol–water partition coefficient (Wildman–Crippen LogP) is 4.47. The molecule has 2 aromatic carbocycles. The van der Waals surface area contributed by atoms with Crippen molar-refractivity contribution < 1.29 is 27.8 Å². The van der Waals surface area contributed by atoms with Crippen LogP contribution in [-0.2, 0) is 12.7 Å². The number of aromatic amines is 1. The van der Waals surface area contributed by atoms with E-state index in [9.17, 15) is 32.7 Å². The van der Waals surface area contributed by atoms with Crippen molar-refractivity contribution in [1.29, 1.82) is 0 Å². The molecule has 0 aliphatic heterocycles. The number of benzene rings is 2. The van der Waals surface area contributed by atoms with Crippen molar-refractivity contribution in [3.8, 4) is 11.4 Å². The van der Waals surface area contributed by atoms with E-state index in [1.807, 2.05) is 0 Å². The maximum atomic E-state index is 13.6. The van der Waals surface area contributed by atoms with Crippen molar-refractivity contribution in [3.05, 3.63) is 90.9 Å². The van der Waals surface area contributed by atoms with Crippen LogP contribution in [0.3, 0.4) is 0 Å². The molecular formula is C24H16F3N3O5S. The number of hydrogen-bond acceptors (Lipinski definition) is 5. The van der Waals surface area contributed by atoms with Gasteiger partial charge in [0.05, 0.1) is 34.8 Å². The molecule has 0 spiro atoms. The second-order valence-electron chi connectivity index (χ2n) is 7.94. The largest absolute Gasteiger partial charge is 0.497 e. The molecule has 3 aromatic heterocycles. The third kappa shape index (κ3) is 3.75. The number of ether oxygens (including phenoxy) is 1. The average Bonchev–Trinajstić information content (AvgIpc) is 3.42. The van der Waals surface area contributed by atoms with E-state index in [1.165, 1.54) is 22.4 Å². The highest BCUT2D eigenvalue weighted by molar-refractivity contribution is 7.09. The number of thiophene rings is 1. The highest BCUT2D eigenvalue weighted by Crippen LogP contribution is 2.36. The van der Waals surface area contributed by atoms with Gasteiger partial charge in [-0.15, -0.1) is 11.3 Å². The van der Waals surface area contributed by atoms with Crippen LogP contribution in [0.1, 0.15) is 21.6 Å². The Hall–Kier alpha value is -4.32. The Balaban J connectivity index is 1.88. The number of fused-ring (bicyclic) bond motifs is 2. The predicted molar refractivity (Wildman–Crippen MR) is 128 cm³/mol. The zero-order valence-corrected chi connectivity index (χ0v) is 19.2. The van der Waals surface area contributed by atoms with Crippen molar-refractivity contribution in [2.24, 2.45) is 0 Å². The van der Waals surface area contributed by atoms with Gasteiger partial charge in [-0.25, -0.2) is 14.2 Å². The van der Waals surface area contributed by atoms with E-state index in [1.54, 1.807) is 24.3 Å². The van der Waals surface area contributed by atoms with Crippen LogP contribution in [0.4, 0.5) is 13.2 Å². The summed E-state index contributed by atoms with van der Waals surface area (Å²) in [5, 5.41) is 13.1. The SMILES string of the molecule is COc1ccc(Cn2c(C(=O)O)c(-n3c(=O)[nH]c4cscc4c3=O)c3cc(C(F)(F)F)ccc32)cc1. The fourth-order valence-corrected chi connectivity index (χ4v) is 4.93. The summed E-state index contributed by atoms with van der Waals surface area (Å²) >= 11 is 1.15. The molecule has 0 aliphatic carbocycles. The number of methoxy groups -OCH3 is 1. The first-order chi connectivity index (χ1) is 17.1. The summed E-state index contributed by atoms with van der Waals surface area (Å²) in [4.78, 5) is 41.2. The molecular weight excluding hydrogens is 499 g/mol. The van der Waals surface area contributed by atoms with Gasteiger partial charge in [0.25, 0.3) is 5.56 Å². The first-order valence-electron chi connectivity index (χ1n) is 10.4. The molecule has 0 amide bonds. The topological polar surface area (TPSA) is 106 Å². The summed E-state index contributed by atoms with van der Waals surface area (Å²) in [6, 6.07) is 9.39. The van der Waals surface area contributed by atoms with E-state index >= 15 is 0 Å². The third-order valence-corrected chi connectivity index (χ3v) is 6.57. The molecule has 0 fully saturated rings. The van der Waals surface area contributed by atoms with Crippen molar-refractivity contribution in [2.75, 3.05) is 7.11 Å². The Morgan fingerprint density at radius 2 is 1.81 bits per heavy atom. The quantitative estimate of drug-likeness (QED) is 0.359. The van der Waals surface area contributed by atoms with Gasteiger partial charge in [0, 0.05) is 22.7 Å². The molecule has 0 radical (unpaired) electrons. The third-order valence-electron chi connectivity index (χ3n) is 5.83. The van der Waals surface area contributed by atoms with Crippen LogP contribution >= 0.6 is 11.3 Å². The molecule has 5 aromatic rings. The van der Waals surface area contributed by atoms with Crippen molar-refractivity contribution >= 4 is 39.1 Å². The van der Waals surface area contributed by atoms with Gasteiger partial charge in [-0.3, -0.25) is 4.79 Å². The molecule has 0 bridgehead atoms. The number of carboxylic acids is 1. The van der Waals surface area contributed by atoms with E-state index in [2.05, 4.69) is 4.98 Å².